The lowest BCUT2D eigenvalue weighted by atomic mass is 10.3. The van der Waals surface area contributed by atoms with Crippen molar-refractivity contribution in [1.82, 2.24) is 0 Å². The summed E-state index contributed by atoms with van der Waals surface area (Å²) in [5.41, 5.74) is 0. The average molecular weight is 136 g/mol. The highest BCUT2D eigenvalue weighted by molar-refractivity contribution is 6.32. The van der Waals surface area contributed by atoms with Crippen molar-refractivity contribution in [3.63, 3.8) is 0 Å². The van der Waals surface area contributed by atoms with Crippen LogP contribution < -0.4 is 0 Å². The van der Waals surface area contributed by atoms with Gasteiger partial charge in [0.15, 0.2) is 0 Å². The van der Waals surface area contributed by atoms with Crippen molar-refractivity contribution in [2.45, 2.75) is 0 Å². The predicted octanol–water partition coefficient (Wildman–Crippen LogP) is -0.275. The second kappa shape index (κ2) is 4.96. The Balaban J connectivity index is 3.03. The quantitative estimate of drug-likeness (QED) is 0.319. The van der Waals surface area contributed by atoms with Crippen molar-refractivity contribution < 1.29 is 14.7 Å². The van der Waals surface area contributed by atoms with Gasteiger partial charge in [-0.15, -0.1) is 11.6 Å². The van der Waals surface area contributed by atoms with Gasteiger partial charge in [-0.2, -0.15) is 0 Å². The van der Waals surface area contributed by atoms with E-state index in [1.807, 2.05) is 0 Å². The lowest BCUT2D eigenvalue weighted by molar-refractivity contribution is 0.257. The van der Waals surface area contributed by atoms with Gasteiger partial charge in [-0.3, -0.25) is 0 Å². The second-order valence-electron chi connectivity index (χ2n) is 0.988. The highest BCUT2D eigenvalue weighted by Gasteiger charge is 2.04. The zero-order chi connectivity index (χ0) is 6.41. The number of rotatable bonds is 3. The molecule has 0 atom stereocenters. The van der Waals surface area contributed by atoms with Crippen molar-refractivity contribution in [2.75, 3.05) is 5.88 Å². The van der Waals surface area contributed by atoms with Crippen molar-refractivity contribution in [3.8, 4) is 0 Å². The van der Waals surface area contributed by atoms with E-state index in [1.54, 1.807) is 0 Å². The van der Waals surface area contributed by atoms with Gasteiger partial charge >= 0.3 is 7.32 Å². The van der Waals surface area contributed by atoms with Gasteiger partial charge in [-0.1, -0.05) is 0 Å². The highest BCUT2D eigenvalue weighted by Crippen LogP contribution is 1.80. The van der Waals surface area contributed by atoms with Gasteiger partial charge in [0.25, 0.3) is 0 Å². The summed E-state index contributed by atoms with van der Waals surface area (Å²) in [6.45, 7) is 0. The molecule has 3 nitrogen and oxygen atoms in total. The van der Waals surface area contributed by atoms with Gasteiger partial charge in [-0.25, -0.2) is 0 Å². The number of hydrogen-bond acceptors (Lipinski definition) is 3. The van der Waals surface area contributed by atoms with Crippen LogP contribution in [-0.4, -0.2) is 23.2 Å². The lowest BCUT2D eigenvalue weighted by Crippen LogP contribution is -2.12. The van der Waals surface area contributed by atoms with Gasteiger partial charge in [0.2, 0.25) is 0 Å². The molecule has 0 unspecified atom stereocenters. The second-order valence-corrected chi connectivity index (χ2v) is 1.30. The SMILES string of the molecule is OB(O)O/C=C\CCl. The summed E-state index contributed by atoms with van der Waals surface area (Å²) in [7, 11) is -1.74. The van der Waals surface area contributed by atoms with Crippen LogP contribution in [0.3, 0.4) is 0 Å². The minimum absolute atomic E-state index is 0.298. The molecule has 0 aliphatic heterocycles. The summed E-state index contributed by atoms with van der Waals surface area (Å²) in [6.07, 6.45) is 2.57. The smallest absolute Gasteiger partial charge is 0.519 e. The van der Waals surface area contributed by atoms with Gasteiger partial charge in [0.1, 0.15) is 0 Å². The Hall–Kier alpha value is -0.185. The Morgan fingerprint density at radius 2 is 2.25 bits per heavy atom. The fourth-order valence-electron chi connectivity index (χ4n) is 0.162. The van der Waals surface area contributed by atoms with Crippen LogP contribution in [-0.2, 0) is 4.65 Å². The largest absolute Gasteiger partial charge is 0.707 e. The number of halogens is 1. The van der Waals surface area contributed by atoms with Gasteiger partial charge in [0.05, 0.1) is 6.26 Å². The molecular formula is C3H6BClO3. The van der Waals surface area contributed by atoms with Crippen LogP contribution in [0.2, 0.25) is 0 Å². The maximum atomic E-state index is 8.02. The summed E-state index contributed by atoms with van der Waals surface area (Å²) in [5, 5.41) is 16.0. The maximum Gasteiger partial charge on any atom is 0.707 e. The van der Waals surface area contributed by atoms with E-state index in [0.29, 0.717) is 5.88 Å². The maximum absolute atomic E-state index is 8.02. The third-order valence-electron chi connectivity index (χ3n) is 0.386. The third kappa shape index (κ3) is 5.81. The van der Waals surface area contributed by atoms with Crippen molar-refractivity contribution >= 4 is 18.9 Å². The lowest BCUT2D eigenvalue weighted by Gasteiger charge is -1.92. The highest BCUT2D eigenvalue weighted by atomic mass is 35.5. The van der Waals surface area contributed by atoms with Gasteiger partial charge < -0.3 is 14.7 Å². The topological polar surface area (TPSA) is 49.7 Å². The Labute approximate surface area is 52.7 Å². The molecule has 5 heteroatoms. The van der Waals surface area contributed by atoms with Crippen LogP contribution in [0.5, 0.6) is 0 Å². The zero-order valence-electron chi connectivity index (χ0n) is 4.12. The number of alkyl halides is 1. The Morgan fingerprint density at radius 3 is 2.62 bits per heavy atom. The first-order chi connectivity index (χ1) is 3.77. The van der Waals surface area contributed by atoms with Crippen LogP contribution in [0, 0.1) is 0 Å². The number of hydrogen-bond donors (Lipinski definition) is 2. The molecule has 0 aromatic heterocycles. The van der Waals surface area contributed by atoms with E-state index in [9.17, 15) is 0 Å². The van der Waals surface area contributed by atoms with Gasteiger partial charge in [-0.05, 0) is 6.08 Å². The van der Waals surface area contributed by atoms with E-state index in [2.05, 4.69) is 4.65 Å². The average Bonchev–Trinajstić information content (AvgIpc) is 1.66. The van der Waals surface area contributed by atoms with Crippen molar-refractivity contribution in [3.05, 3.63) is 12.3 Å². The van der Waals surface area contributed by atoms with Crippen LogP contribution in [0.1, 0.15) is 0 Å². The molecular weight excluding hydrogens is 130 g/mol. The fourth-order valence-corrected chi connectivity index (χ4v) is 0.235. The molecule has 0 amide bonds. The Kier molecular flexibility index (Phi) is 4.85. The standard InChI is InChI=1S/C3H6BClO3/c5-2-1-3-8-4(6)7/h1,3,6-7H,2H2/b3-1-. The molecule has 0 heterocycles. The Morgan fingerprint density at radius 1 is 1.62 bits per heavy atom. The summed E-state index contributed by atoms with van der Waals surface area (Å²) in [6, 6.07) is 0. The summed E-state index contributed by atoms with van der Waals surface area (Å²) in [4.78, 5) is 0. The molecule has 0 aliphatic rings. The first-order valence-electron chi connectivity index (χ1n) is 2.00. The molecule has 0 aromatic carbocycles. The fraction of sp³-hybridized carbons (Fsp3) is 0.333. The Bertz CT molecular complexity index is 74.9. The minimum atomic E-state index is -1.74. The summed E-state index contributed by atoms with van der Waals surface area (Å²) >= 11 is 5.15. The van der Waals surface area contributed by atoms with Crippen LogP contribution in [0.25, 0.3) is 0 Å². The van der Waals surface area contributed by atoms with E-state index in [4.69, 9.17) is 21.6 Å². The third-order valence-corrected chi connectivity index (χ3v) is 0.564. The molecule has 0 rings (SSSR count). The molecule has 46 valence electrons. The molecule has 2 N–H and O–H groups in total. The molecule has 0 spiro atoms. The molecule has 0 aliphatic carbocycles. The molecule has 8 heavy (non-hydrogen) atoms. The van der Waals surface area contributed by atoms with Crippen LogP contribution >= 0.6 is 11.6 Å². The van der Waals surface area contributed by atoms with Crippen LogP contribution in [0.4, 0.5) is 0 Å². The van der Waals surface area contributed by atoms with E-state index >= 15 is 0 Å². The first kappa shape index (κ1) is 7.81. The first-order valence-corrected chi connectivity index (χ1v) is 2.53. The molecule has 0 saturated carbocycles. The van der Waals surface area contributed by atoms with Crippen molar-refractivity contribution in [1.29, 1.82) is 0 Å². The number of allylic oxidation sites excluding steroid dienone is 1. The predicted molar refractivity (Wildman–Crippen MR) is 31.1 cm³/mol. The molecule has 0 saturated heterocycles. The van der Waals surface area contributed by atoms with Crippen LogP contribution in [0.15, 0.2) is 12.3 Å². The van der Waals surface area contributed by atoms with E-state index in [1.165, 1.54) is 6.08 Å². The monoisotopic (exact) mass is 136 g/mol. The molecule has 0 aromatic rings. The molecule has 0 bridgehead atoms. The van der Waals surface area contributed by atoms with Crippen molar-refractivity contribution in [2.24, 2.45) is 0 Å². The normalized spacial score (nSPS) is 9.88. The van der Waals surface area contributed by atoms with E-state index in [0.717, 1.165) is 6.26 Å². The summed E-state index contributed by atoms with van der Waals surface area (Å²) < 4.78 is 4.13. The molecule has 0 radical (unpaired) electrons. The van der Waals surface area contributed by atoms with Gasteiger partial charge in [0, 0.05) is 5.88 Å². The van der Waals surface area contributed by atoms with E-state index < -0.39 is 7.32 Å². The summed E-state index contributed by atoms with van der Waals surface area (Å²) in [5.74, 6) is 0.298. The minimum Gasteiger partial charge on any atom is -0.519 e. The molecule has 0 fully saturated rings. The van der Waals surface area contributed by atoms with E-state index in [-0.39, 0.29) is 0 Å². The zero-order valence-corrected chi connectivity index (χ0v) is 4.88.